The highest BCUT2D eigenvalue weighted by Gasteiger charge is 2.48. The summed E-state index contributed by atoms with van der Waals surface area (Å²) in [6.07, 6.45) is 0. The highest BCUT2D eigenvalue weighted by Crippen LogP contribution is 2.59. The van der Waals surface area contributed by atoms with E-state index in [1.165, 1.54) is 54.9 Å². The van der Waals surface area contributed by atoms with Crippen molar-refractivity contribution in [1.29, 1.82) is 0 Å². The number of benzene rings is 6. The van der Waals surface area contributed by atoms with Gasteiger partial charge in [-0.15, -0.1) is 0 Å². The second-order valence-electron chi connectivity index (χ2n) is 11.1. The lowest BCUT2D eigenvalue weighted by molar-refractivity contribution is 1.30. The first-order chi connectivity index (χ1) is 20.3. The van der Waals surface area contributed by atoms with Crippen molar-refractivity contribution in [2.75, 3.05) is 0 Å². The molecule has 0 bridgehead atoms. The Hall–Kier alpha value is -4.46. The molecule has 41 heavy (non-hydrogen) atoms. The van der Waals surface area contributed by atoms with Crippen molar-refractivity contribution in [3.63, 3.8) is 0 Å². The van der Waals surface area contributed by atoms with Gasteiger partial charge in [-0.2, -0.15) is 0 Å². The van der Waals surface area contributed by atoms with Gasteiger partial charge in [0.2, 0.25) is 0 Å². The Morgan fingerprint density at radius 3 is 1.17 bits per heavy atom. The van der Waals surface area contributed by atoms with Crippen LogP contribution in [0.15, 0.2) is 146 Å². The van der Waals surface area contributed by atoms with Crippen LogP contribution in [0.2, 0.25) is 12.1 Å². The summed E-state index contributed by atoms with van der Waals surface area (Å²) in [6.45, 7) is 4.89. The topological polar surface area (TPSA) is 0 Å². The highest BCUT2D eigenvalue weighted by atomic mass is 28.3. The maximum absolute atomic E-state index is 2.45. The van der Waals surface area contributed by atoms with E-state index in [4.69, 9.17) is 0 Å². The number of allylic oxidation sites excluding steroid dienone is 2. The molecule has 0 radical (unpaired) electrons. The molecule has 6 aromatic carbocycles. The minimum absolute atomic E-state index is 1.15. The summed E-state index contributed by atoms with van der Waals surface area (Å²) in [5.41, 5.74) is 8.27. The lowest BCUT2D eigenvalue weighted by Crippen LogP contribution is -2.35. The molecule has 0 fully saturated rings. The molecule has 0 nitrogen and oxygen atoms in total. The van der Waals surface area contributed by atoms with Crippen LogP contribution in [0, 0.1) is 0 Å². The van der Waals surface area contributed by atoms with Gasteiger partial charge in [-0.3, -0.25) is 0 Å². The monoisotopic (exact) mass is 542 g/mol. The van der Waals surface area contributed by atoms with Crippen molar-refractivity contribution in [3.05, 3.63) is 168 Å². The van der Waals surface area contributed by atoms with Crippen LogP contribution in [0.5, 0.6) is 0 Å². The molecule has 0 aromatic heterocycles. The van der Waals surface area contributed by atoms with Crippen LogP contribution < -0.4 is 0 Å². The lowest BCUT2D eigenvalue weighted by Gasteiger charge is -2.34. The van der Waals surface area contributed by atoms with E-state index in [0.717, 1.165) is 12.1 Å². The van der Waals surface area contributed by atoms with Gasteiger partial charge < -0.3 is 0 Å². The van der Waals surface area contributed by atoms with Crippen molar-refractivity contribution in [2.45, 2.75) is 25.9 Å². The normalized spacial score (nSPS) is 14.8. The SMILES string of the molecule is CC[Si]1(CC)C(c2cccc3ccccc23)=C(c2ccccc2)C(c2ccccc2)=C1c1cccc2ccccc12. The van der Waals surface area contributed by atoms with Gasteiger partial charge in [0.1, 0.15) is 8.07 Å². The first kappa shape index (κ1) is 25.5. The van der Waals surface area contributed by atoms with Gasteiger partial charge in [0.15, 0.2) is 0 Å². The fourth-order valence-electron chi connectivity index (χ4n) is 7.27. The van der Waals surface area contributed by atoms with E-state index < -0.39 is 8.07 Å². The van der Waals surface area contributed by atoms with Gasteiger partial charge >= 0.3 is 0 Å². The van der Waals surface area contributed by atoms with Gasteiger partial charge in [0.05, 0.1) is 0 Å². The number of hydrogen-bond acceptors (Lipinski definition) is 0. The number of fused-ring (bicyclic) bond motifs is 2. The first-order valence-corrected chi connectivity index (χ1v) is 17.2. The van der Waals surface area contributed by atoms with Crippen molar-refractivity contribution in [3.8, 4) is 0 Å². The maximum atomic E-state index is 2.45. The van der Waals surface area contributed by atoms with E-state index in [9.17, 15) is 0 Å². The molecule has 1 aliphatic heterocycles. The van der Waals surface area contributed by atoms with Crippen LogP contribution >= 0.6 is 0 Å². The molecule has 0 amide bonds. The van der Waals surface area contributed by atoms with E-state index in [-0.39, 0.29) is 0 Å². The zero-order chi connectivity index (χ0) is 27.8. The Morgan fingerprint density at radius 1 is 0.390 bits per heavy atom. The van der Waals surface area contributed by atoms with Crippen molar-refractivity contribution in [2.24, 2.45) is 0 Å². The Kier molecular flexibility index (Phi) is 6.53. The molecule has 1 heterocycles. The van der Waals surface area contributed by atoms with Gasteiger partial charge in [-0.1, -0.05) is 172 Å². The third kappa shape index (κ3) is 4.03. The Balaban J connectivity index is 1.70. The molecule has 0 aliphatic carbocycles. The summed E-state index contributed by atoms with van der Waals surface area (Å²) >= 11 is 0. The zero-order valence-electron chi connectivity index (χ0n) is 23.8. The fraction of sp³-hybridized carbons (Fsp3) is 0.100. The van der Waals surface area contributed by atoms with Crippen molar-refractivity contribution < 1.29 is 0 Å². The fourth-order valence-corrected chi connectivity index (χ4v) is 12.4. The van der Waals surface area contributed by atoms with E-state index in [1.54, 1.807) is 10.4 Å². The quantitative estimate of drug-likeness (QED) is 0.184. The molecule has 0 N–H and O–H groups in total. The average molecular weight is 543 g/mol. The van der Waals surface area contributed by atoms with Crippen LogP contribution in [0.1, 0.15) is 36.1 Å². The van der Waals surface area contributed by atoms with Crippen molar-refractivity contribution >= 4 is 51.2 Å². The minimum atomic E-state index is -2.29. The molecule has 0 spiro atoms. The molecule has 0 unspecified atom stereocenters. The predicted molar refractivity (Wildman–Crippen MR) is 181 cm³/mol. The second-order valence-corrected chi connectivity index (χ2v) is 15.7. The molecule has 1 heteroatoms. The second kappa shape index (κ2) is 10.5. The molecule has 6 aromatic rings. The molecule has 198 valence electrons. The predicted octanol–water partition coefficient (Wildman–Crippen LogP) is 11.1. The molecule has 0 saturated carbocycles. The Morgan fingerprint density at radius 2 is 0.756 bits per heavy atom. The largest absolute Gasteiger partial charge is 0.120 e. The third-order valence-corrected chi connectivity index (χ3v) is 14.5. The summed E-state index contributed by atoms with van der Waals surface area (Å²) in [5.74, 6) is 0. The third-order valence-electron chi connectivity index (χ3n) is 9.16. The van der Waals surface area contributed by atoms with E-state index >= 15 is 0 Å². The average Bonchev–Trinajstić information content (AvgIpc) is 3.36. The summed E-state index contributed by atoms with van der Waals surface area (Å²) in [5, 5.41) is 8.49. The molecule has 7 rings (SSSR count). The Labute approximate surface area is 244 Å². The summed E-state index contributed by atoms with van der Waals surface area (Å²) in [4.78, 5) is 0. The minimum Gasteiger partial charge on any atom is -0.0672 e. The van der Waals surface area contributed by atoms with E-state index in [0.29, 0.717) is 0 Å². The first-order valence-electron chi connectivity index (χ1n) is 14.8. The van der Waals surface area contributed by atoms with Gasteiger partial charge in [-0.05, 0) is 65.3 Å². The maximum Gasteiger partial charge on any atom is 0.120 e. The number of hydrogen-bond donors (Lipinski definition) is 0. The van der Waals surface area contributed by atoms with Crippen molar-refractivity contribution in [1.82, 2.24) is 0 Å². The van der Waals surface area contributed by atoms with Crippen LogP contribution in [-0.2, 0) is 0 Å². The molecular formula is C40H34Si. The number of rotatable bonds is 6. The van der Waals surface area contributed by atoms with Crippen LogP contribution in [0.4, 0.5) is 0 Å². The summed E-state index contributed by atoms with van der Waals surface area (Å²) in [7, 11) is -2.29. The molecule has 0 saturated heterocycles. The van der Waals surface area contributed by atoms with Gasteiger partial charge in [-0.25, -0.2) is 0 Å². The molecular weight excluding hydrogens is 509 g/mol. The van der Waals surface area contributed by atoms with E-state index in [2.05, 4.69) is 159 Å². The zero-order valence-corrected chi connectivity index (χ0v) is 24.8. The molecule has 0 atom stereocenters. The van der Waals surface area contributed by atoms with Crippen LogP contribution in [0.3, 0.4) is 0 Å². The highest BCUT2D eigenvalue weighted by molar-refractivity contribution is 7.14. The molecule has 1 aliphatic rings. The van der Waals surface area contributed by atoms with Crippen LogP contribution in [-0.4, -0.2) is 8.07 Å². The van der Waals surface area contributed by atoms with Gasteiger partial charge in [0.25, 0.3) is 0 Å². The summed E-state index contributed by atoms with van der Waals surface area (Å²) in [6, 6.07) is 56.3. The van der Waals surface area contributed by atoms with Gasteiger partial charge in [0, 0.05) is 0 Å². The lowest BCUT2D eigenvalue weighted by atomic mass is 9.88. The van der Waals surface area contributed by atoms with E-state index in [1.807, 2.05) is 0 Å². The smallest absolute Gasteiger partial charge is 0.0672 e. The standard InChI is InChI=1S/C40H34Si/c1-3-41(4-2)39(35-27-15-23-29-17-11-13-25-33(29)35)37(31-19-7-5-8-20-31)38(32-21-9-6-10-22-32)40(41)36-28-16-24-30-18-12-14-26-34(30)36/h5-28H,3-4H2,1-2H3. The summed E-state index contributed by atoms with van der Waals surface area (Å²) < 4.78 is 0. The van der Waals surface area contributed by atoms with Crippen LogP contribution in [0.25, 0.3) is 43.1 Å². The Bertz CT molecular complexity index is 1790.